The standard InChI is InChI=1S/C18H18N4O2/c1-12-6-7-22-11-16(21-17(22)8-12)10-19-18(24)14-4-3-5-15(9-14)20-13(2)23/h3-9,11H,10H2,1-2H3,(H,19,24)(H,20,23). The Morgan fingerprint density at radius 3 is 2.83 bits per heavy atom. The number of anilines is 1. The predicted molar refractivity (Wildman–Crippen MR) is 91.8 cm³/mol. The summed E-state index contributed by atoms with van der Waals surface area (Å²) in [7, 11) is 0. The van der Waals surface area contributed by atoms with Gasteiger partial charge in [0.1, 0.15) is 5.65 Å². The van der Waals surface area contributed by atoms with Gasteiger partial charge in [-0.2, -0.15) is 0 Å². The van der Waals surface area contributed by atoms with Crippen molar-refractivity contribution in [1.29, 1.82) is 0 Å². The molecule has 0 atom stereocenters. The molecule has 3 rings (SSSR count). The minimum Gasteiger partial charge on any atom is -0.346 e. The normalized spacial score (nSPS) is 10.6. The molecule has 2 amide bonds. The summed E-state index contributed by atoms with van der Waals surface area (Å²) in [5, 5.41) is 5.51. The second-order valence-corrected chi connectivity index (χ2v) is 5.65. The highest BCUT2D eigenvalue weighted by Gasteiger charge is 2.08. The smallest absolute Gasteiger partial charge is 0.251 e. The third kappa shape index (κ3) is 3.60. The van der Waals surface area contributed by atoms with Crippen molar-refractivity contribution >= 4 is 23.1 Å². The van der Waals surface area contributed by atoms with Crippen molar-refractivity contribution < 1.29 is 9.59 Å². The molecule has 0 saturated carbocycles. The quantitative estimate of drug-likeness (QED) is 0.775. The fourth-order valence-corrected chi connectivity index (χ4v) is 2.44. The summed E-state index contributed by atoms with van der Waals surface area (Å²) in [4.78, 5) is 27.8. The molecule has 0 saturated heterocycles. The molecule has 0 radical (unpaired) electrons. The van der Waals surface area contributed by atoms with Gasteiger partial charge in [-0.05, 0) is 42.8 Å². The summed E-state index contributed by atoms with van der Waals surface area (Å²) in [6, 6.07) is 10.8. The first-order chi connectivity index (χ1) is 11.5. The summed E-state index contributed by atoms with van der Waals surface area (Å²) >= 11 is 0. The lowest BCUT2D eigenvalue weighted by Crippen LogP contribution is -2.23. The number of nitrogens with one attached hydrogen (secondary N) is 2. The first-order valence-electron chi connectivity index (χ1n) is 7.61. The molecule has 0 aliphatic heterocycles. The highest BCUT2D eigenvalue weighted by Crippen LogP contribution is 2.11. The van der Waals surface area contributed by atoms with Crippen molar-refractivity contribution in [3.63, 3.8) is 0 Å². The van der Waals surface area contributed by atoms with Crippen molar-refractivity contribution in [1.82, 2.24) is 14.7 Å². The van der Waals surface area contributed by atoms with Crippen molar-refractivity contribution in [2.24, 2.45) is 0 Å². The highest BCUT2D eigenvalue weighted by atomic mass is 16.2. The van der Waals surface area contributed by atoms with Gasteiger partial charge in [0.25, 0.3) is 5.91 Å². The van der Waals surface area contributed by atoms with Gasteiger partial charge in [0.2, 0.25) is 5.91 Å². The average molecular weight is 322 g/mol. The van der Waals surface area contributed by atoms with Crippen LogP contribution in [-0.2, 0) is 11.3 Å². The molecule has 0 aliphatic rings. The molecule has 6 nitrogen and oxygen atoms in total. The third-order valence-electron chi connectivity index (χ3n) is 3.54. The summed E-state index contributed by atoms with van der Waals surface area (Å²) in [5.74, 6) is -0.386. The number of pyridine rings is 1. The Hall–Kier alpha value is -3.15. The number of aryl methyl sites for hydroxylation is 1. The maximum absolute atomic E-state index is 12.3. The van der Waals surface area contributed by atoms with Crippen LogP contribution in [0.25, 0.3) is 5.65 Å². The van der Waals surface area contributed by atoms with Crippen molar-refractivity contribution in [3.8, 4) is 0 Å². The number of imidazole rings is 1. The maximum Gasteiger partial charge on any atom is 0.251 e. The summed E-state index contributed by atoms with van der Waals surface area (Å²) in [5.41, 5.74) is 3.86. The summed E-state index contributed by atoms with van der Waals surface area (Å²) in [6.07, 6.45) is 3.84. The van der Waals surface area contributed by atoms with Crippen LogP contribution in [0.3, 0.4) is 0 Å². The maximum atomic E-state index is 12.3. The molecular formula is C18H18N4O2. The number of carbonyl (C=O) groups excluding carboxylic acids is 2. The van der Waals surface area contributed by atoms with Crippen LogP contribution in [0.5, 0.6) is 0 Å². The lowest BCUT2D eigenvalue weighted by atomic mass is 10.2. The molecule has 2 aromatic heterocycles. The average Bonchev–Trinajstić information content (AvgIpc) is 2.94. The van der Waals surface area contributed by atoms with E-state index in [1.807, 2.05) is 35.9 Å². The zero-order valence-electron chi connectivity index (χ0n) is 13.5. The van der Waals surface area contributed by atoms with E-state index in [9.17, 15) is 9.59 Å². The van der Waals surface area contributed by atoms with Crippen LogP contribution in [0.15, 0.2) is 48.8 Å². The van der Waals surface area contributed by atoms with Crippen molar-refractivity contribution in [2.75, 3.05) is 5.32 Å². The Kier molecular flexibility index (Phi) is 4.29. The van der Waals surface area contributed by atoms with Crippen LogP contribution < -0.4 is 10.6 Å². The molecule has 24 heavy (non-hydrogen) atoms. The second kappa shape index (κ2) is 6.54. The van der Waals surface area contributed by atoms with Gasteiger partial charge in [0.15, 0.2) is 0 Å². The van der Waals surface area contributed by atoms with Gasteiger partial charge in [-0.15, -0.1) is 0 Å². The van der Waals surface area contributed by atoms with Gasteiger partial charge in [-0.25, -0.2) is 4.98 Å². The SMILES string of the molecule is CC(=O)Nc1cccc(C(=O)NCc2cn3ccc(C)cc3n2)c1. The lowest BCUT2D eigenvalue weighted by molar-refractivity contribution is -0.114. The van der Waals surface area contributed by atoms with E-state index < -0.39 is 0 Å². The fraction of sp³-hybridized carbons (Fsp3) is 0.167. The van der Waals surface area contributed by atoms with E-state index in [4.69, 9.17) is 0 Å². The number of nitrogens with zero attached hydrogens (tertiary/aromatic N) is 2. The zero-order chi connectivity index (χ0) is 17.1. The van der Waals surface area contributed by atoms with E-state index in [0.717, 1.165) is 16.9 Å². The summed E-state index contributed by atoms with van der Waals surface area (Å²) in [6.45, 7) is 3.78. The number of amides is 2. The Morgan fingerprint density at radius 2 is 2.04 bits per heavy atom. The molecule has 122 valence electrons. The number of benzene rings is 1. The minimum atomic E-state index is -0.213. The Labute approximate surface area is 139 Å². The van der Waals surface area contributed by atoms with E-state index in [1.54, 1.807) is 24.3 Å². The number of aromatic nitrogens is 2. The monoisotopic (exact) mass is 322 g/mol. The van der Waals surface area contributed by atoms with Gasteiger partial charge in [0.05, 0.1) is 12.2 Å². The van der Waals surface area contributed by atoms with E-state index in [-0.39, 0.29) is 11.8 Å². The van der Waals surface area contributed by atoms with Gasteiger partial charge >= 0.3 is 0 Å². The van der Waals surface area contributed by atoms with Gasteiger partial charge in [-0.1, -0.05) is 6.07 Å². The Balaban J connectivity index is 1.69. The second-order valence-electron chi connectivity index (χ2n) is 5.65. The van der Waals surface area contributed by atoms with E-state index in [2.05, 4.69) is 15.6 Å². The predicted octanol–water partition coefficient (Wildman–Crippen LogP) is 2.53. The first-order valence-corrected chi connectivity index (χ1v) is 7.61. The van der Waals surface area contributed by atoms with Crippen LogP contribution in [-0.4, -0.2) is 21.2 Å². The van der Waals surface area contributed by atoms with Crippen molar-refractivity contribution in [2.45, 2.75) is 20.4 Å². The Bertz CT molecular complexity index is 914. The third-order valence-corrected chi connectivity index (χ3v) is 3.54. The number of hydrogen-bond donors (Lipinski definition) is 2. The number of rotatable bonds is 4. The lowest BCUT2D eigenvalue weighted by Gasteiger charge is -2.06. The molecule has 2 heterocycles. The van der Waals surface area contributed by atoms with Crippen LogP contribution in [0.2, 0.25) is 0 Å². The molecule has 0 unspecified atom stereocenters. The molecule has 0 spiro atoms. The molecule has 2 N–H and O–H groups in total. The molecule has 0 fully saturated rings. The van der Waals surface area contributed by atoms with Crippen LogP contribution in [0.4, 0.5) is 5.69 Å². The number of fused-ring (bicyclic) bond motifs is 1. The molecule has 3 aromatic rings. The van der Waals surface area contributed by atoms with Gasteiger partial charge in [0, 0.05) is 30.6 Å². The molecule has 0 bridgehead atoms. The summed E-state index contributed by atoms with van der Waals surface area (Å²) < 4.78 is 1.92. The van der Waals surface area contributed by atoms with E-state index in [1.165, 1.54) is 6.92 Å². The van der Waals surface area contributed by atoms with Gasteiger partial charge in [-0.3, -0.25) is 9.59 Å². The van der Waals surface area contributed by atoms with Gasteiger partial charge < -0.3 is 15.0 Å². The Morgan fingerprint density at radius 1 is 1.21 bits per heavy atom. The van der Waals surface area contributed by atoms with E-state index >= 15 is 0 Å². The van der Waals surface area contributed by atoms with Crippen LogP contribution in [0.1, 0.15) is 28.5 Å². The topological polar surface area (TPSA) is 75.5 Å². The zero-order valence-corrected chi connectivity index (χ0v) is 13.5. The van der Waals surface area contributed by atoms with Crippen LogP contribution >= 0.6 is 0 Å². The molecule has 1 aromatic carbocycles. The van der Waals surface area contributed by atoms with Crippen LogP contribution in [0, 0.1) is 6.92 Å². The van der Waals surface area contributed by atoms with E-state index in [0.29, 0.717) is 17.8 Å². The molecule has 6 heteroatoms. The molecule has 0 aliphatic carbocycles. The minimum absolute atomic E-state index is 0.174. The van der Waals surface area contributed by atoms with Crippen molar-refractivity contribution in [3.05, 3.63) is 65.6 Å². The largest absolute Gasteiger partial charge is 0.346 e. The highest BCUT2D eigenvalue weighted by molar-refractivity contribution is 5.96. The first kappa shape index (κ1) is 15.7. The number of hydrogen-bond acceptors (Lipinski definition) is 3. The molecular weight excluding hydrogens is 304 g/mol. The number of carbonyl (C=O) groups is 2. The fourth-order valence-electron chi connectivity index (χ4n) is 2.44.